The fourth-order valence-corrected chi connectivity index (χ4v) is 10.5. The molecule has 0 saturated heterocycles. The third-order valence-electron chi connectivity index (χ3n) is 12.7. The van der Waals surface area contributed by atoms with Crippen molar-refractivity contribution in [3.8, 4) is 22.3 Å². The van der Waals surface area contributed by atoms with E-state index in [4.69, 9.17) is 4.42 Å². The highest BCUT2D eigenvalue weighted by atomic mass is 32.1. The molecule has 2 aromatic heterocycles. The number of hydrogen-bond donors (Lipinski definition) is 0. The molecule has 0 atom stereocenters. The Morgan fingerprint density at radius 3 is 1.91 bits per heavy atom. The van der Waals surface area contributed by atoms with Crippen LogP contribution < -0.4 is 4.90 Å². The molecule has 0 N–H and O–H groups in total. The van der Waals surface area contributed by atoms with Gasteiger partial charge in [0.05, 0.1) is 0 Å². The van der Waals surface area contributed by atoms with Crippen molar-refractivity contribution >= 4 is 81.3 Å². The molecule has 0 bridgehead atoms. The van der Waals surface area contributed by atoms with E-state index < -0.39 is 0 Å². The van der Waals surface area contributed by atoms with Crippen molar-refractivity contribution in [3.63, 3.8) is 0 Å². The Morgan fingerprint density at radius 1 is 0.456 bits per heavy atom. The average Bonchev–Trinajstić information content (AvgIpc) is 3.80. The zero-order chi connectivity index (χ0) is 38.5. The normalized spacial score (nSPS) is 14.8. The van der Waals surface area contributed by atoms with Gasteiger partial charge in [0.15, 0.2) is 0 Å². The minimum atomic E-state index is 0.104. The fraction of sp³-hybridized carbons (Fsp3) is 0.148. The van der Waals surface area contributed by atoms with Crippen molar-refractivity contribution in [2.75, 3.05) is 4.90 Å². The van der Waals surface area contributed by atoms with Crippen LogP contribution >= 0.6 is 11.3 Å². The molecule has 0 radical (unpaired) electrons. The van der Waals surface area contributed by atoms with E-state index in [2.05, 4.69) is 196 Å². The van der Waals surface area contributed by atoms with Gasteiger partial charge in [0.2, 0.25) is 0 Å². The van der Waals surface area contributed by atoms with E-state index in [1.807, 2.05) is 11.3 Å². The molecule has 57 heavy (non-hydrogen) atoms. The summed E-state index contributed by atoms with van der Waals surface area (Å²) in [5.74, 6) is 0. The summed E-state index contributed by atoms with van der Waals surface area (Å²) in [6.07, 6.45) is 2.35. The minimum absolute atomic E-state index is 0.104. The van der Waals surface area contributed by atoms with Crippen LogP contribution in [-0.4, -0.2) is 0 Å². The Kier molecular flexibility index (Phi) is 7.59. The summed E-state index contributed by atoms with van der Waals surface area (Å²) in [5, 5.41) is 7.33. The van der Waals surface area contributed by atoms with Crippen LogP contribution in [0.2, 0.25) is 0 Å². The van der Waals surface area contributed by atoms with Crippen molar-refractivity contribution in [2.45, 2.75) is 51.4 Å². The van der Waals surface area contributed by atoms with Crippen LogP contribution in [0.5, 0.6) is 0 Å². The maximum absolute atomic E-state index is 7.01. The third-order valence-corrected chi connectivity index (χ3v) is 13.9. The Bertz CT molecular complexity index is 3180. The number of anilines is 3. The summed E-state index contributed by atoms with van der Waals surface area (Å²) in [5.41, 5.74) is 13.0. The molecule has 0 spiro atoms. The predicted molar refractivity (Wildman–Crippen MR) is 245 cm³/mol. The molecule has 1 aliphatic rings. The Morgan fingerprint density at radius 2 is 1.11 bits per heavy atom. The van der Waals surface area contributed by atoms with Gasteiger partial charge in [0.25, 0.3) is 0 Å². The van der Waals surface area contributed by atoms with Crippen molar-refractivity contribution in [1.82, 2.24) is 0 Å². The van der Waals surface area contributed by atoms with E-state index in [-0.39, 0.29) is 10.8 Å². The second-order valence-electron chi connectivity index (χ2n) is 17.2. The number of benzene rings is 8. The summed E-state index contributed by atoms with van der Waals surface area (Å²) < 4.78 is 9.61. The van der Waals surface area contributed by atoms with E-state index >= 15 is 0 Å². The molecular formula is C54H43NOS. The SMILES string of the molecule is CC1(C)CCC(C)(C)c2cc3c(cc21)oc1c(-c2cc(N(c4ccc(-c5ccccc5)cc4)c4ccc5sc6ccccc6c5c4)cc4ccccc24)cccc13. The minimum Gasteiger partial charge on any atom is -0.455 e. The van der Waals surface area contributed by atoms with Gasteiger partial charge in [-0.3, -0.25) is 0 Å². The predicted octanol–water partition coefficient (Wildman–Crippen LogP) is 16.3. The van der Waals surface area contributed by atoms with Crippen molar-refractivity contribution < 1.29 is 4.42 Å². The number of fused-ring (bicyclic) bond motifs is 8. The third kappa shape index (κ3) is 5.51. The first-order valence-electron chi connectivity index (χ1n) is 20.1. The summed E-state index contributed by atoms with van der Waals surface area (Å²) in [6, 6.07) is 60.3. The van der Waals surface area contributed by atoms with Gasteiger partial charge >= 0.3 is 0 Å². The summed E-state index contributed by atoms with van der Waals surface area (Å²) in [4.78, 5) is 2.42. The lowest BCUT2D eigenvalue weighted by Crippen LogP contribution is -2.33. The molecule has 0 saturated carbocycles. The maximum atomic E-state index is 7.01. The first-order chi connectivity index (χ1) is 27.7. The second kappa shape index (κ2) is 12.7. The number of thiophene rings is 1. The fourth-order valence-electron chi connectivity index (χ4n) is 9.45. The lowest BCUT2D eigenvalue weighted by atomic mass is 9.63. The standard InChI is InChI=1S/C54H43NOS/c1-53(2)27-28-54(3,4)48-33-49-45(32-47(48)53)43-19-12-18-42(52(43)56-49)44-31-39(29-36-15-8-9-16-40(36)44)55(37-23-21-35(22-24-37)34-13-6-5-7-14-34)38-25-26-51-46(30-38)41-17-10-11-20-50(41)57-51/h5-26,29-33H,27-28H2,1-4H3. The van der Waals surface area contributed by atoms with Crippen LogP contribution in [-0.2, 0) is 10.8 Å². The molecular weight excluding hydrogens is 711 g/mol. The van der Waals surface area contributed by atoms with E-state index in [1.54, 1.807) is 0 Å². The quantitative estimate of drug-likeness (QED) is 0.174. The van der Waals surface area contributed by atoms with Gasteiger partial charge in [-0.1, -0.05) is 131 Å². The summed E-state index contributed by atoms with van der Waals surface area (Å²) in [6.45, 7) is 9.58. The summed E-state index contributed by atoms with van der Waals surface area (Å²) in [7, 11) is 0. The van der Waals surface area contributed by atoms with Crippen LogP contribution in [0.25, 0.3) is 75.1 Å². The van der Waals surface area contributed by atoms with Gasteiger partial charge in [0.1, 0.15) is 11.2 Å². The number of para-hydroxylation sites is 1. The monoisotopic (exact) mass is 753 g/mol. The molecule has 0 amide bonds. The maximum Gasteiger partial charge on any atom is 0.143 e. The summed E-state index contributed by atoms with van der Waals surface area (Å²) >= 11 is 1.86. The lowest BCUT2D eigenvalue weighted by Gasteiger charge is -2.41. The molecule has 3 heteroatoms. The van der Waals surface area contributed by atoms with Gasteiger partial charge in [-0.05, 0) is 123 Å². The molecule has 2 heterocycles. The van der Waals surface area contributed by atoms with Gasteiger partial charge in [-0.15, -0.1) is 11.3 Å². The topological polar surface area (TPSA) is 16.4 Å². The zero-order valence-electron chi connectivity index (χ0n) is 32.8. The average molecular weight is 754 g/mol. The number of rotatable bonds is 5. The van der Waals surface area contributed by atoms with E-state index in [9.17, 15) is 0 Å². The molecule has 2 nitrogen and oxygen atoms in total. The van der Waals surface area contributed by atoms with Crippen LogP contribution in [0.1, 0.15) is 51.7 Å². The van der Waals surface area contributed by atoms with Crippen molar-refractivity contribution in [3.05, 3.63) is 175 Å². The number of furan rings is 1. The van der Waals surface area contributed by atoms with Gasteiger partial charge in [-0.2, -0.15) is 0 Å². The molecule has 1 aliphatic carbocycles. The highest BCUT2D eigenvalue weighted by Crippen LogP contribution is 2.50. The largest absolute Gasteiger partial charge is 0.455 e. The van der Waals surface area contributed by atoms with E-state index in [1.165, 1.54) is 76.8 Å². The van der Waals surface area contributed by atoms with Crippen molar-refractivity contribution in [1.29, 1.82) is 0 Å². The van der Waals surface area contributed by atoms with Gasteiger partial charge in [-0.25, -0.2) is 0 Å². The lowest BCUT2D eigenvalue weighted by molar-refractivity contribution is 0.332. The first kappa shape index (κ1) is 34.1. The number of hydrogen-bond acceptors (Lipinski definition) is 3. The first-order valence-corrected chi connectivity index (χ1v) is 20.9. The molecule has 11 rings (SSSR count). The van der Waals surface area contributed by atoms with E-state index in [0.29, 0.717) is 0 Å². The van der Waals surface area contributed by atoms with Gasteiger partial charge < -0.3 is 9.32 Å². The highest BCUT2D eigenvalue weighted by molar-refractivity contribution is 7.25. The molecule has 10 aromatic rings. The second-order valence-corrected chi connectivity index (χ2v) is 18.3. The molecule has 276 valence electrons. The Labute approximate surface area is 337 Å². The smallest absolute Gasteiger partial charge is 0.143 e. The van der Waals surface area contributed by atoms with Crippen LogP contribution in [0.3, 0.4) is 0 Å². The van der Waals surface area contributed by atoms with Crippen LogP contribution in [0, 0.1) is 0 Å². The molecule has 8 aromatic carbocycles. The van der Waals surface area contributed by atoms with Crippen LogP contribution in [0.15, 0.2) is 168 Å². The Balaban J connectivity index is 1.14. The van der Waals surface area contributed by atoms with Crippen molar-refractivity contribution in [2.24, 2.45) is 0 Å². The van der Waals surface area contributed by atoms with E-state index in [0.717, 1.165) is 39.4 Å². The molecule has 0 unspecified atom stereocenters. The zero-order valence-corrected chi connectivity index (χ0v) is 33.6. The van der Waals surface area contributed by atoms with Gasteiger partial charge in [0, 0.05) is 53.6 Å². The van der Waals surface area contributed by atoms with Crippen LogP contribution in [0.4, 0.5) is 17.1 Å². The molecule has 0 fully saturated rings. The highest BCUT2D eigenvalue weighted by Gasteiger charge is 2.38. The Hall–Kier alpha value is -6.16. The number of nitrogens with zero attached hydrogens (tertiary/aromatic N) is 1. The molecule has 0 aliphatic heterocycles.